The lowest BCUT2D eigenvalue weighted by Crippen LogP contribution is -2.36. The van der Waals surface area contributed by atoms with Gasteiger partial charge in [0, 0.05) is 50.4 Å². The second-order valence-corrected chi connectivity index (χ2v) is 21.0. The number of furan rings is 2. The molecule has 0 saturated carbocycles. The van der Waals surface area contributed by atoms with Crippen LogP contribution < -0.4 is 0 Å². The van der Waals surface area contributed by atoms with Crippen molar-refractivity contribution in [1.82, 2.24) is 9.55 Å². The summed E-state index contributed by atoms with van der Waals surface area (Å²) in [6.45, 7) is 29.8. The molecule has 0 saturated heterocycles. The van der Waals surface area contributed by atoms with Gasteiger partial charge >= 0.3 is 0 Å². The Morgan fingerprint density at radius 3 is 1.84 bits per heavy atom. The molecule has 2 atom stereocenters. The Kier molecular flexibility index (Phi) is 6.81. The van der Waals surface area contributed by atoms with Crippen LogP contribution in [0.5, 0.6) is 0 Å². The van der Waals surface area contributed by atoms with Crippen LogP contribution in [0.2, 0.25) is 0 Å². The van der Waals surface area contributed by atoms with E-state index >= 15 is 0 Å². The highest BCUT2D eigenvalue weighted by Crippen LogP contribution is 2.60. The van der Waals surface area contributed by atoms with Gasteiger partial charge in [0.05, 0.1) is 28.2 Å². The molecular weight excluding hydrogens is 687 g/mol. The van der Waals surface area contributed by atoms with Gasteiger partial charge in [-0.15, -0.1) is 0 Å². The first-order valence-electron chi connectivity index (χ1n) is 20.3. The maximum Gasteiger partial charge on any atom is 0.228 e. The summed E-state index contributed by atoms with van der Waals surface area (Å²) in [6, 6.07) is 25.1. The molecule has 0 N–H and O–H groups in total. The Labute approximate surface area is 329 Å². The third-order valence-electron chi connectivity index (χ3n) is 12.8. The maximum absolute atomic E-state index is 6.88. The van der Waals surface area contributed by atoms with Crippen LogP contribution in [0.3, 0.4) is 0 Å². The Balaban J connectivity index is 1.37. The number of aromatic nitrogens is 2. The number of aliphatic imine (C=N–C) groups is 1. The van der Waals surface area contributed by atoms with E-state index < -0.39 is 5.54 Å². The fourth-order valence-electron chi connectivity index (χ4n) is 9.78. The molecule has 284 valence electrons. The SMILES string of the molecule is CC(C)(C)c1cc(C(C)(C)C)c2oc3c(c2c1)C1c2cc(-c4ccccc4)cc4c5c6c(ncc5n(c24)C1(C)C=N3)oc1c(C(C)(C)C)cc(C(C)(C)C)cc16. The number of hydrogen-bond acceptors (Lipinski definition) is 4. The lowest BCUT2D eigenvalue weighted by molar-refractivity contribution is 0.444. The van der Waals surface area contributed by atoms with Gasteiger partial charge in [0.15, 0.2) is 0 Å². The first-order chi connectivity index (χ1) is 26.2. The van der Waals surface area contributed by atoms with E-state index in [9.17, 15) is 0 Å². The van der Waals surface area contributed by atoms with Crippen LogP contribution in [0.15, 0.2) is 86.8 Å². The van der Waals surface area contributed by atoms with Crippen LogP contribution in [0, 0.1) is 0 Å². The summed E-state index contributed by atoms with van der Waals surface area (Å²) in [7, 11) is 0. The molecule has 2 unspecified atom stereocenters. The third-order valence-corrected chi connectivity index (χ3v) is 12.8. The number of benzene rings is 4. The highest BCUT2D eigenvalue weighted by Gasteiger charge is 2.51. The van der Waals surface area contributed by atoms with Gasteiger partial charge < -0.3 is 13.4 Å². The van der Waals surface area contributed by atoms with Crippen LogP contribution >= 0.6 is 0 Å². The second kappa shape index (κ2) is 10.8. The average Bonchev–Trinajstić information content (AvgIpc) is 3.84. The largest absolute Gasteiger partial charge is 0.438 e. The van der Waals surface area contributed by atoms with E-state index in [0.29, 0.717) is 5.71 Å². The molecule has 0 aliphatic carbocycles. The number of rotatable bonds is 1. The normalized spacial score (nSPS) is 18.6. The highest BCUT2D eigenvalue weighted by molar-refractivity contribution is 6.28. The van der Waals surface area contributed by atoms with Crippen molar-refractivity contribution < 1.29 is 8.83 Å². The van der Waals surface area contributed by atoms with Crippen molar-refractivity contribution in [2.45, 2.75) is 123 Å². The molecule has 2 aliphatic rings. The summed E-state index contributed by atoms with van der Waals surface area (Å²) >= 11 is 0. The van der Waals surface area contributed by atoms with Crippen molar-refractivity contribution in [3.63, 3.8) is 0 Å². The van der Waals surface area contributed by atoms with Gasteiger partial charge in [0.1, 0.15) is 11.2 Å². The minimum atomic E-state index is -0.525. The fourth-order valence-corrected chi connectivity index (χ4v) is 9.78. The van der Waals surface area contributed by atoms with E-state index in [-0.39, 0.29) is 27.6 Å². The van der Waals surface area contributed by atoms with Crippen molar-refractivity contribution >= 4 is 66.9 Å². The molecule has 5 nitrogen and oxygen atoms in total. The van der Waals surface area contributed by atoms with Gasteiger partial charge in [0.2, 0.25) is 11.6 Å². The first-order valence-corrected chi connectivity index (χ1v) is 20.3. The van der Waals surface area contributed by atoms with E-state index in [2.05, 4.69) is 168 Å². The average molecular weight is 740 g/mol. The zero-order chi connectivity index (χ0) is 39.6. The minimum absolute atomic E-state index is 0.0263. The fraction of sp³-hybridized carbons (Fsp3) is 0.373. The summed E-state index contributed by atoms with van der Waals surface area (Å²) in [5.41, 5.74) is 13.9. The number of pyridine rings is 1. The van der Waals surface area contributed by atoms with Gasteiger partial charge in [-0.05, 0) is 80.7 Å². The lowest BCUT2D eigenvalue weighted by Gasteiger charge is -2.34. The summed E-state index contributed by atoms with van der Waals surface area (Å²) in [5, 5.41) is 5.80. The molecule has 0 fully saturated rings. The van der Waals surface area contributed by atoms with Crippen molar-refractivity contribution in [1.29, 1.82) is 0 Å². The van der Waals surface area contributed by atoms with E-state index in [4.69, 9.17) is 18.8 Å². The topological polar surface area (TPSA) is 56.5 Å². The maximum atomic E-state index is 6.88. The third kappa shape index (κ3) is 4.72. The summed E-state index contributed by atoms with van der Waals surface area (Å²) < 4.78 is 16.3. The van der Waals surface area contributed by atoms with Crippen LogP contribution in [0.1, 0.15) is 129 Å². The van der Waals surface area contributed by atoms with Gasteiger partial charge in [-0.3, -0.25) is 0 Å². The lowest BCUT2D eigenvalue weighted by atomic mass is 9.74. The zero-order valence-electron chi connectivity index (χ0n) is 35.2. The van der Waals surface area contributed by atoms with E-state index in [0.717, 1.165) is 33.3 Å². The molecule has 10 rings (SSSR count). The Bertz CT molecular complexity index is 3010. The number of nitrogens with zero attached hydrogens (tertiary/aromatic N) is 3. The van der Waals surface area contributed by atoms with Crippen molar-refractivity contribution in [2.75, 3.05) is 0 Å². The van der Waals surface area contributed by atoms with Crippen LogP contribution in [0.4, 0.5) is 5.88 Å². The molecule has 4 aromatic heterocycles. The van der Waals surface area contributed by atoms with E-state index in [1.165, 1.54) is 66.2 Å². The van der Waals surface area contributed by atoms with Crippen LogP contribution in [-0.4, -0.2) is 15.8 Å². The van der Waals surface area contributed by atoms with Crippen molar-refractivity contribution in [2.24, 2.45) is 4.99 Å². The predicted octanol–water partition coefficient (Wildman–Crippen LogP) is 14.3. The molecule has 0 amide bonds. The van der Waals surface area contributed by atoms with Gasteiger partial charge in [-0.2, -0.15) is 0 Å². The first kappa shape index (κ1) is 35.3. The molecule has 0 radical (unpaired) electrons. The molecule has 6 heterocycles. The highest BCUT2D eigenvalue weighted by atomic mass is 16.4. The van der Waals surface area contributed by atoms with Gasteiger partial charge in [0.25, 0.3) is 0 Å². The molecule has 8 aromatic rings. The molecule has 56 heavy (non-hydrogen) atoms. The van der Waals surface area contributed by atoms with Crippen LogP contribution in [-0.2, 0) is 27.2 Å². The van der Waals surface area contributed by atoms with Gasteiger partial charge in [-0.25, -0.2) is 9.98 Å². The van der Waals surface area contributed by atoms with Gasteiger partial charge in [-0.1, -0.05) is 126 Å². The quantitative estimate of drug-likeness (QED) is 0.168. The van der Waals surface area contributed by atoms with E-state index in [1.54, 1.807) is 0 Å². The molecule has 0 spiro atoms. The summed E-state index contributed by atoms with van der Waals surface area (Å²) in [4.78, 5) is 10.4. The zero-order valence-corrected chi connectivity index (χ0v) is 35.2. The second-order valence-electron chi connectivity index (χ2n) is 21.0. The number of hydrogen-bond donors (Lipinski definition) is 0. The van der Waals surface area contributed by atoms with Crippen molar-refractivity contribution in [3.8, 4) is 11.1 Å². The summed E-state index contributed by atoms with van der Waals surface area (Å²) in [6.07, 6.45) is 4.20. The Morgan fingerprint density at radius 1 is 0.625 bits per heavy atom. The summed E-state index contributed by atoms with van der Waals surface area (Å²) in [5.74, 6) is 0.694. The van der Waals surface area contributed by atoms with Crippen molar-refractivity contribution in [3.05, 3.63) is 106 Å². The standard InChI is InChI=1S/C51H53N3O2/c1-47(2,3)29-21-32-39-38-31-19-28(27-17-15-14-16-18-27)20-34-41-40-33-22-30(48(4,5)6)24-36(50(10,11)12)44(33)56-46(40)53-26-51(41,13)54(42(31)34)37(38)25-52-45(39)55-43(32)35(23-29)49(7,8)9/h14-26,41H,1-13H3. The van der Waals surface area contributed by atoms with E-state index in [1.807, 2.05) is 6.20 Å². The molecule has 5 heteroatoms. The van der Waals surface area contributed by atoms with Crippen LogP contribution in [0.25, 0.3) is 66.0 Å². The minimum Gasteiger partial charge on any atom is -0.438 e. The molecule has 2 aliphatic heterocycles. The molecular formula is C51H53N3O2. The monoisotopic (exact) mass is 739 g/mol. The Morgan fingerprint density at radius 2 is 1.23 bits per heavy atom. The smallest absolute Gasteiger partial charge is 0.228 e. The molecule has 0 bridgehead atoms. The Hall–Kier alpha value is -5.16. The predicted molar refractivity (Wildman–Crippen MR) is 235 cm³/mol. The molecule has 4 aromatic carbocycles. The number of fused-ring (bicyclic) bond motifs is 14.